The van der Waals surface area contributed by atoms with Crippen molar-refractivity contribution in [2.75, 3.05) is 6.61 Å². The summed E-state index contributed by atoms with van der Waals surface area (Å²) < 4.78 is 5.90. The number of rotatable bonds is 44. The Bertz CT molecular complexity index is 832. The molecule has 0 saturated heterocycles. The molecule has 0 aliphatic rings. The molecule has 0 aromatic carbocycles. The molecule has 0 aromatic rings. The van der Waals surface area contributed by atoms with Crippen LogP contribution in [0.25, 0.3) is 0 Å². The Morgan fingerprint density at radius 2 is 0.873 bits per heavy atom. The molecule has 3 atom stereocenters. The lowest BCUT2D eigenvalue weighted by atomic mass is 10.0. The van der Waals surface area contributed by atoms with Gasteiger partial charge in [-0.05, 0) is 51.4 Å². The molecule has 0 rings (SSSR count). The van der Waals surface area contributed by atoms with Crippen molar-refractivity contribution >= 4 is 11.9 Å². The third-order valence-electron chi connectivity index (χ3n) is 11.3. The summed E-state index contributed by atoms with van der Waals surface area (Å²) >= 11 is 0. The van der Waals surface area contributed by atoms with Crippen LogP contribution in [0, 0.1) is 0 Å². The van der Waals surface area contributed by atoms with Gasteiger partial charge in [0.05, 0.1) is 25.2 Å². The van der Waals surface area contributed by atoms with E-state index < -0.39 is 18.2 Å². The van der Waals surface area contributed by atoms with Gasteiger partial charge in [-0.3, -0.25) is 9.59 Å². The molecule has 3 N–H and O–H groups in total. The topological polar surface area (TPSA) is 95.9 Å². The largest absolute Gasteiger partial charge is 0.462 e. The number of carbonyl (C=O) groups excluding carboxylic acids is 2. The average molecular weight is 778 g/mol. The van der Waals surface area contributed by atoms with Crippen LogP contribution in [0.5, 0.6) is 0 Å². The number of aliphatic hydroxyl groups is 2. The maximum atomic E-state index is 13.1. The fourth-order valence-electron chi connectivity index (χ4n) is 7.60. The maximum Gasteiger partial charge on any atom is 0.306 e. The zero-order valence-corrected chi connectivity index (χ0v) is 37.1. The molecule has 6 nitrogen and oxygen atoms in total. The van der Waals surface area contributed by atoms with E-state index in [-0.39, 0.29) is 24.9 Å². The summed E-state index contributed by atoms with van der Waals surface area (Å²) in [7, 11) is 0. The molecule has 0 aromatic heterocycles. The summed E-state index contributed by atoms with van der Waals surface area (Å²) in [6.45, 7) is 6.45. The van der Waals surface area contributed by atoms with Crippen LogP contribution in [-0.2, 0) is 14.3 Å². The Kier molecular flexibility index (Phi) is 42.6. The Labute approximate surface area is 342 Å². The van der Waals surface area contributed by atoms with E-state index in [0.717, 1.165) is 44.9 Å². The molecule has 0 bridgehead atoms. The zero-order chi connectivity index (χ0) is 40.3. The lowest BCUT2D eigenvalue weighted by Gasteiger charge is -2.24. The van der Waals surface area contributed by atoms with Crippen molar-refractivity contribution in [2.24, 2.45) is 0 Å². The Morgan fingerprint density at radius 1 is 0.509 bits per heavy atom. The van der Waals surface area contributed by atoms with E-state index in [4.69, 9.17) is 4.74 Å². The highest BCUT2D eigenvalue weighted by Gasteiger charge is 2.24. The number of esters is 1. The molecular weight excluding hydrogens is 683 g/mol. The zero-order valence-electron chi connectivity index (χ0n) is 37.1. The Hall–Kier alpha value is -1.40. The highest BCUT2D eigenvalue weighted by Crippen LogP contribution is 2.18. The highest BCUT2D eigenvalue weighted by molar-refractivity contribution is 5.77. The maximum absolute atomic E-state index is 13.1. The second-order valence-electron chi connectivity index (χ2n) is 16.9. The molecule has 0 spiro atoms. The lowest BCUT2D eigenvalue weighted by Crippen LogP contribution is -2.46. The van der Waals surface area contributed by atoms with Gasteiger partial charge >= 0.3 is 5.97 Å². The van der Waals surface area contributed by atoms with E-state index in [1.165, 1.54) is 173 Å². The standard InChI is InChI=1S/C49H95NO5/c1-4-7-10-13-16-19-20-21-22-23-24-25-26-27-28-30-33-36-39-42-49(54)55-45(40-37-34-31-18-15-12-9-6-3)43-48(53)50-46(44-51)47(52)41-38-35-32-29-17-14-11-8-5-2/h21-22,45-47,51-52H,4-20,23-44H2,1-3H3,(H,50,53)/b22-21+. The van der Waals surface area contributed by atoms with Crippen LogP contribution in [0.3, 0.4) is 0 Å². The van der Waals surface area contributed by atoms with Crippen LogP contribution in [0.2, 0.25) is 0 Å². The summed E-state index contributed by atoms with van der Waals surface area (Å²) in [4.78, 5) is 25.9. The van der Waals surface area contributed by atoms with Gasteiger partial charge < -0.3 is 20.3 Å². The normalized spacial score (nSPS) is 13.3. The van der Waals surface area contributed by atoms with E-state index in [9.17, 15) is 19.8 Å². The van der Waals surface area contributed by atoms with Gasteiger partial charge in [0.15, 0.2) is 0 Å². The molecule has 55 heavy (non-hydrogen) atoms. The van der Waals surface area contributed by atoms with Crippen LogP contribution in [0.15, 0.2) is 12.2 Å². The number of allylic oxidation sites excluding steroid dienone is 2. The summed E-state index contributed by atoms with van der Waals surface area (Å²) in [6.07, 6.45) is 47.1. The number of amides is 1. The van der Waals surface area contributed by atoms with Crippen molar-refractivity contribution < 1.29 is 24.5 Å². The van der Waals surface area contributed by atoms with Gasteiger partial charge in [-0.2, -0.15) is 0 Å². The first-order chi connectivity index (χ1) is 27.0. The molecule has 0 radical (unpaired) electrons. The third-order valence-corrected chi connectivity index (χ3v) is 11.3. The van der Waals surface area contributed by atoms with Crippen LogP contribution < -0.4 is 5.32 Å². The number of carbonyl (C=O) groups is 2. The minimum absolute atomic E-state index is 0.0823. The highest BCUT2D eigenvalue weighted by atomic mass is 16.5. The first-order valence-corrected chi connectivity index (χ1v) is 24.4. The van der Waals surface area contributed by atoms with Gasteiger partial charge in [-0.1, -0.05) is 213 Å². The van der Waals surface area contributed by atoms with Crippen molar-refractivity contribution in [3.63, 3.8) is 0 Å². The number of ether oxygens (including phenoxy) is 1. The number of aliphatic hydroxyl groups excluding tert-OH is 2. The second kappa shape index (κ2) is 43.7. The monoisotopic (exact) mass is 778 g/mol. The fourth-order valence-corrected chi connectivity index (χ4v) is 7.60. The second-order valence-corrected chi connectivity index (χ2v) is 16.9. The van der Waals surface area contributed by atoms with Crippen LogP contribution >= 0.6 is 0 Å². The summed E-state index contributed by atoms with van der Waals surface area (Å²) in [5, 5.41) is 23.6. The summed E-state index contributed by atoms with van der Waals surface area (Å²) in [6, 6.07) is -0.692. The lowest BCUT2D eigenvalue weighted by molar-refractivity contribution is -0.151. The minimum atomic E-state index is -0.779. The molecular formula is C49H95NO5. The van der Waals surface area contributed by atoms with Gasteiger partial charge in [0.1, 0.15) is 6.10 Å². The molecule has 326 valence electrons. The van der Waals surface area contributed by atoms with Crippen molar-refractivity contribution in [3.8, 4) is 0 Å². The minimum Gasteiger partial charge on any atom is -0.462 e. The van der Waals surface area contributed by atoms with E-state index in [1.807, 2.05) is 0 Å². The van der Waals surface area contributed by atoms with E-state index in [2.05, 4.69) is 38.2 Å². The predicted molar refractivity (Wildman–Crippen MR) is 237 cm³/mol. The first kappa shape index (κ1) is 53.6. The average Bonchev–Trinajstić information content (AvgIpc) is 3.18. The van der Waals surface area contributed by atoms with Crippen molar-refractivity contribution in [2.45, 2.75) is 283 Å². The summed E-state index contributed by atoms with van der Waals surface area (Å²) in [5.74, 6) is -0.468. The molecule has 0 fully saturated rings. The quantitative estimate of drug-likeness (QED) is 0.0325. The van der Waals surface area contributed by atoms with Gasteiger partial charge in [0, 0.05) is 6.42 Å². The predicted octanol–water partition coefficient (Wildman–Crippen LogP) is 14.2. The molecule has 6 heteroatoms. The van der Waals surface area contributed by atoms with Gasteiger partial charge in [-0.15, -0.1) is 0 Å². The van der Waals surface area contributed by atoms with Crippen LogP contribution in [-0.4, -0.2) is 46.9 Å². The third kappa shape index (κ3) is 39.2. The first-order valence-electron chi connectivity index (χ1n) is 24.4. The van der Waals surface area contributed by atoms with Gasteiger partial charge in [0.25, 0.3) is 0 Å². The number of nitrogens with one attached hydrogen (secondary N) is 1. The number of hydrogen-bond donors (Lipinski definition) is 3. The van der Waals surface area contributed by atoms with Crippen LogP contribution in [0.1, 0.15) is 265 Å². The smallest absolute Gasteiger partial charge is 0.306 e. The van der Waals surface area contributed by atoms with Gasteiger partial charge in [0.2, 0.25) is 5.91 Å². The molecule has 0 saturated carbocycles. The fraction of sp³-hybridized carbons (Fsp3) is 0.918. The van der Waals surface area contributed by atoms with E-state index in [0.29, 0.717) is 19.3 Å². The SMILES string of the molecule is CCCCCCCC/C=C/CCCCCCCCCCCC(=O)OC(CCCCCCCCCC)CC(=O)NC(CO)C(O)CCCCCCCCCCC. The molecule has 0 aliphatic heterocycles. The summed E-state index contributed by atoms with van der Waals surface area (Å²) in [5.41, 5.74) is 0. The van der Waals surface area contributed by atoms with E-state index >= 15 is 0 Å². The van der Waals surface area contributed by atoms with Gasteiger partial charge in [-0.25, -0.2) is 0 Å². The number of hydrogen-bond acceptors (Lipinski definition) is 5. The molecule has 3 unspecified atom stereocenters. The number of unbranched alkanes of at least 4 members (excludes halogenated alkanes) is 30. The van der Waals surface area contributed by atoms with Crippen molar-refractivity contribution in [1.29, 1.82) is 0 Å². The van der Waals surface area contributed by atoms with Crippen molar-refractivity contribution in [3.05, 3.63) is 12.2 Å². The van der Waals surface area contributed by atoms with E-state index in [1.54, 1.807) is 0 Å². The Morgan fingerprint density at radius 3 is 1.29 bits per heavy atom. The van der Waals surface area contributed by atoms with Crippen molar-refractivity contribution in [1.82, 2.24) is 5.32 Å². The molecule has 0 aliphatic carbocycles. The Balaban J connectivity index is 4.35. The molecule has 0 heterocycles. The van der Waals surface area contributed by atoms with Crippen LogP contribution in [0.4, 0.5) is 0 Å². The molecule has 1 amide bonds.